The number of hydrogen-bond acceptors (Lipinski definition) is 7. The smallest absolute Gasteiger partial charge is 0.313 e. The van der Waals surface area contributed by atoms with Crippen molar-refractivity contribution in [1.29, 1.82) is 0 Å². The second-order valence-electron chi connectivity index (χ2n) is 12.3. The molecule has 0 radical (unpaired) electrons. The predicted molar refractivity (Wildman–Crippen MR) is 171 cm³/mol. The number of unbranched alkanes of at least 4 members (excludes halogenated alkanes) is 4. The van der Waals surface area contributed by atoms with E-state index in [9.17, 15) is 24.3 Å². The lowest BCUT2D eigenvalue weighted by molar-refractivity contribution is -0.159. The zero-order chi connectivity index (χ0) is 32.0. The Morgan fingerprint density at radius 1 is 1.00 bits per heavy atom. The van der Waals surface area contributed by atoms with Crippen molar-refractivity contribution in [2.45, 2.75) is 82.1 Å². The Morgan fingerprint density at radius 3 is 2.53 bits per heavy atom. The molecule has 45 heavy (non-hydrogen) atoms. The first-order valence-electron chi connectivity index (χ1n) is 16.3. The first-order valence-corrected chi connectivity index (χ1v) is 17.0. The van der Waals surface area contributed by atoms with E-state index in [2.05, 4.69) is 28.2 Å². The first kappa shape index (κ1) is 33.3. The first-order chi connectivity index (χ1) is 21.8. The van der Waals surface area contributed by atoms with Crippen molar-refractivity contribution in [2.24, 2.45) is 11.8 Å². The standard InChI is InChI=1S/C34H44BrN3O7/c1-2-3-10-17-37-18-11-5-9-16-26(40)36-22-25(23-14-7-4-8-15-23)44-33(43)27-28-31(41)38(19-12-6-13-20-39)30(32(37)42)34(28)21-24(35)29(27)45-34/h4-5,7-8,11,14-15,21,25,27-30,39H,2-3,6,9-10,12-13,16-20,22H2,1H3,(H,36,40)/b11-5-/t25-,27-,28+,29-,30-,34+/m1/s1. The highest BCUT2D eigenvalue weighted by atomic mass is 79.9. The number of nitrogens with one attached hydrogen (secondary N) is 1. The molecule has 1 aromatic carbocycles. The molecule has 244 valence electrons. The molecule has 2 saturated heterocycles. The topological polar surface area (TPSA) is 125 Å². The Balaban J connectivity index is 1.54. The Labute approximate surface area is 273 Å². The number of nitrogens with zero attached hydrogens (tertiary/aromatic N) is 2. The summed E-state index contributed by atoms with van der Waals surface area (Å²) in [5.74, 6) is -3.20. The molecule has 2 fully saturated rings. The van der Waals surface area contributed by atoms with Crippen molar-refractivity contribution in [3.63, 3.8) is 0 Å². The fourth-order valence-electron chi connectivity index (χ4n) is 7.04. The molecule has 4 aliphatic rings. The van der Waals surface area contributed by atoms with Crippen LogP contribution in [0, 0.1) is 11.8 Å². The molecule has 10 nitrogen and oxygen atoms in total. The highest BCUT2D eigenvalue weighted by Crippen LogP contribution is 2.59. The number of allylic oxidation sites excluding steroid dienone is 1. The number of fused-ring (bicyclic) bond motifs is 2. The number of halogens is 1. The molecule has 1 spiro atoms. The van der Waals surface area contributed by atoms with Gasteiger partial charge in [0.05, 0.1) is 12.5 Å². The summed E-state index contributed by atoms with van der Waals surface area (Å²) < 4.78 is 13.3. The molecule has 2 N–H and O–H groups in total. The fraction of sp³-hybridized carbons (Fsp3) is 0.588. The molecule has 6 atom stereocenters. The third-order valence-corrected chi connectivity index (χ3v) is 9.96. The van der Waals surface area contributed by atoms with Gasteiger partial charge in [-0.05, 0) is 43.7 Å². The molecule has 4 heterocycles. The SMILES string of the molecule is CCCCCN1C/C=C\CCC(=O)NC[C@H](c2ccccc2)OC(=O)[C@H]2[C@@H]3O[C@@]4(C=C3Br)[C@@H]2C(=O)N(CCCCCO)[C@@H]4C1=O. The van der Waals surface area contributed by atoms with Crippen molar-refractivity contribution in [3.05, 3.63) is 58.6 Å². The quantitative estimate of drug-likeness (QED) is 0.218. The third-order valence-electron chi connectivity index (χ3n) is 9.28. The van der Waals surface area contributed by atoms with Gasteiger partial charge < -0.3 is 29.7 Å². The van der Waals surface area contributed by atoms with Crippen molar-refractivity contribution in [1.82, 2.24) is 15.1 Å². The van der Waals surface area contributed by atoms with Gasteiger partial charge in [-0.15, -0.1) is 0 Å². The number of cyclic esters (lactones) is 1. The number of aliphatic hydroxyl groups is 1. The summed E-state index contributed by atoms with van der Waals surface area (Å²) in [6.07, 6.45) is 9.50. The van der Waals surface area contributed by atoms with Crippen molar-refractivity contribution < 1.29 is 33.8 Å². The number of hydrogen-bond donors (Lipinski definition) is 2. The van der Waals surface area contributed by atoms with E-state index in [0.717, 1.165) is 24.8 Å². The number of likely N-dealkylation sites (tertiary alicyclic amines) is 1. The predicted octanol–water partition coefficient (Wildman–Crippen LogP) is 3.79. The van der Waals surface area contributed by atoms with Crippen LogP contribution in [0.2, 0.25) is 0 Å². The molecule has 0 aromatic heterocycles. The van der Waals surface area contributed by atoms with Crippen LogP contribution < -0.4 is 5.32 Å². The normalized spacial score (nSPS) is 31.1. The molecule has 4 aliphatic heterocycles. The average Bonchev–Trinajstić information content (AvgIpc) is 3.63. The van der Waals surface area contributed by atoms with E-state index in [1.807, 2.05) is 48.6 Å². The Kier molecular flexibility index (Phi) is 11.1. The average molecular weight is 687 g/mol. The number of carbonyl (C=O) groups excluding carboxylic acids is 4. The number of ether oxygens (including phenoxy) is 2. The van der Waals surface area contributed by atoms with Crippen LogP contribution >= 0.6 is 15.9 Å². The van der Waals surface area contributed by atoms with Gasteiger partial charge in [0.1, 0.15) is 29.8 Å². The van der Waals surface area contributed by atoms with E-state index in [-0.39, 0.29) is 37.3 Å². The maximum Gasteiger partial charge on any atom is 0.313 e. The molecular weight excluding hydrogens is 642 g/mol. The van der Waals surface area contributed by atoms with Gasteiger partial charge in [-0.3, -0.25) is 19.2 Å². The molecule has 5 bridgehead atoms. The molecule has 11 heteroatoms. The third kappa shape index (κ3) is 6.90. The number of benzene rings is 1. The summed E-state index contributed by atoms with van der Waals surface area (Å²) in [6.45, 7) is 3.40. The summed E-state index contributed by atoms with van der Waals surface area (Å²) in [4.78, 5) is 59.2. The summed E-state index contributed by atoms with van der Waals surface area (Å²) >= 11 is 3.60. The van der Waals surface area contributed by atoms with E-state index in [0.29, 0.717) is 49.8 Å². The minimum absolute atomic E-state index is 0.0534. The van der Waals surface area contributed by atoms with Gasteiger partial charge >= 0.3 is 5.97 Å². The Hall–Kier alpha value is -3.02. The molecule has 5 rings (SSSR count). The summed E-state index contributed by atoms with van der Waals surface area (Å²) in [6, 6.07) is 8.26. The molecular formula is C34H44BrN3O7. The van der Waals surface area contributed by atoms with E-state index < -0.39 is 41.7 Å². The van der Waals surface area contributed by atoms with Crippen molar-refractivity contribution >= 4 is 39.6 Å². The van der Waals surface area contributed by atoms with Gasteiger partial charge in [-0.2, -0.15) is 0 Å². The minimum Gasteiger partial charge on any atom is -0.455 e. The van der Waals surface area contributed by atoms with E-state index in [1.165, 1.54) is 0 Å². The lowest BCUT2D eigenvalue weighted by Crippen LogP contribution is -2.56. The van der Waals surface area contributed by atoms with E-state index in [4.69, 9.17) is 9.47 Å². The van der Waals surface area contributed by atoms with Gasteiger partial charge in [0.2, 0.25) is 17.7 Å². The van der Waals surface area contributed by atoms with E-state index in [1.54, 1.807) is 9.80 Å². The summed E-state index contributed by atoms with van der Waals surface area (Å²) in [7, 11) is 0. The van der Waals surface area contributed by atoms with Crippen LogP contribution in [-0.4, -0.2) is 89.1 Å². The maximum atomic E-state index is 14.6. The molecule has 0 aliphatic carbocycles. The van der Waals surface area contributed by atoms with Gasteiger partial charge in [-0.25, -0.2) is 0 Å². The van der Waals surface area contributed by atoms with Crippen LogP contribution in [0.1, 0.15) is 70.0 Å². The number of esters is 1. The van der Waals surface area contributed by atoms with Crippen LogP contribution in [0.5, 0.6) is 0 Å². The zero-order valence-electron chi connectivity index (χ0n) is 25.9. The van der Waals surface area contributed by atoms with Gasteiger partial charge in [0, 0.05) is 37.1 Å². The van der Waals surface area contributed by atoms with Gasteiger partial charge in [0.15, 0.2) is 0 Å². The van der Waals surface area contributed by atoms with Crippen molar-refractivity contribution in [2.75, 3.05) is 32.8 Å². The lowest BCUT2D eigenvalue weighted by Gasteiger charge is -2.36. The largest absolute Gasteiger partial charge is 0.455 e. The summed E-state index contributed by atoms with van der Waals surface area (Å²) in [5, 5.41) is 12.2. The van der Waals surface area contributed by atoms with E-state index >= 15 is 0 Å². The van der Waals surface area contributed by atoms with Gasteiger partial charge in [-0.1, -0.05) is 78.2 Å². The molecule has 3 amide bonds. The Morgan fingerprint density at radius 2 is 1.78 bits per heavy atom. The number of amides is 3. The summed E-state index contributed by atoms with van der Waals surface area (Å²) in [5.41, 5.74) is -0.605. The second-order valence-corrected chi connectivity index (χ2v) is 13.2. The van der Waals surface area contributed by atoms with Gasteiger partial charge in [0.25, 0.3) is 0 Å². The number of aliphatic hydroxyl groups excluding tert-OH is 1. The van der Waals surface area contributed by atoms with Crippen LogP contribution in [0.3, 0.4) is 0 Å². The van der Waals surface area contributed by atoms with Crippen LogP contribution in [0.4, 0.5) is 0 Å². The van der Waals surface area contributed by atoms with Crippen LogP contribution in [0.15, 0.2) is 53.0 Å². The fourth-order valence-corrected chi connectivity index (χ4v) is 7.77. The van der Waals surface area contributed by atoms with Crippen LogP contribution in [-0.2, 0) is 28.7 Å². The lowest BCUT2D eigenvalue weighted by atomic mass is 9.74. The monoisotopic (exact) mass is 685 g/mol. The molecule has 1 aromatic rings. The Bertz CT molecular complexity index is 1300. The van der Waals surface area contributed by atoms with Crippen molar-refractivity contribution in [3.8, 4) is 0 Å². The van der Waals surface area contributed by atoms with Crippen LogP contribution in [0.25, 0.3) is 0 Å². The molecule has 0 unspecified atom stereocenters. The highest BCUT2D eigenvalue weighted by molar-refractivity contribution is 9.11. The second kappa shape index (κ2) is 15.0. The number of rotatable bonds is 10. The minimum atomic E-state index is -1.32. The number of carbonyl (C=O) groups is 4. The molecule has 0 saturated carbocycles. The zero-order valence-corrected chi connectivity index (χ0v) is 27.5. The maximum absolute atomic E-state index is 14.6. The highest BCUT2D eigenvalue weighted by Gasteiger charge is 2.74.